The first-order chi connectivity index (χ1) is 21.4. The Balaban J connectivity index is 1.63. The number of unbranched alkanes of at least 4 members (excludes halogenated alkanes) is 2. The van der Waals surface area contributed by atoms with Crippen LogP contribution in [0.1, 0.15) is 84.8 Å². The lowest BCUT2D eigenvalue weighted by Crippen LogP contribution is -2.28. The second-order valence-corrected chi connectivity index (χ2v) is 15.6. The number of hydrogen-bond donors (Lipinski definition) is 1. The summed E-state index contributed by atoms with van der Waals surface area (Å²) < 4.78 is 70.9. The molecule has 0 radical (unpaired) electrons. The number of carbonyl (C=O) groups is 1. The zero-order chi connectivity index (χ0) is 34.1. The summed E-state index contributed by atoms with van der Waals surface area (Å²) in [4.78, 5) is 13.5. The largest absolute Gasteiger partial charge is 0.744 e. The van der Waals surface area contributed by atoms with Crippen molar-refractivity contribution in [2.45, 2.75) is 94.3 Å². The Kier molecular flexibility index (Phi) is 10.3. The molecule has 0 saturated heterocycles. The van der Waals surface area contributed by atoms with Gasteiger partial charge in [0.05, 0.1) is 15.2 Å². The lowest BCUT2D eigenvalue weighted by molar-refractivity contribution is -0.438. The van der Waals surface area contributed by atoms with Gasteiger partial charge in [0.2, 0.25) is 5.69 Å². The summed E-state index contributed by atoms with van der Waals surface area (Å²) in [5.41, 5.74) is 4.20. The fourth-order valence-corrected chi connectivity index (χ4v) is 7.51. The van der Waals surface area contributed by atoms with E-state index < -0.39 is 31.1 Å². The van der Waals surface area contributed by atoms with Crippen molar-refractivity contribution in [2.24, 2.45) is 0 Å². The molecule has 1 N–H and O–H groups in total. The van der Waals surface area contributed by atoms with E-state index in [1.165, 1.54) is 24.3 Å². The highest BCUT2D eigenvalue weighted by atomic mass is 32.2. The van der Waals surface area contributed by atoms with Crippen LogP contribution in [0.5, 0.6) is 0 Å². The predicted octanol–water partition coefficient (Wildman–Crippen LogP) is 6.57. The summed E-state index contributed by atoms with van der Waals surface area (Å²) in [6.45, 7) is 13.3. The first-order valence-electron chi connectivity index (χ1n) is 15.7. The molecule has 2 aromatic rings. The molecule has 0 aromatic heterocycles. The van der Waals surface area contributed by atoms with Crippen LogP contribution >= 0.6 is 0 Å². The molecule has 9 nitrogen and oxygen atoms in total. The van der Waals surface area contributed by atoms with E-state index in [-0.39, 0.29) is 15.6 Å². The number of hydrogen-bond acceptors (Lipinski definition) is 7. The molecule has 46 heavy (non-hydrogen) atoms. The van der Waals surface area contributed by atoms with E-state index >= 15 is 0 Å². The number of likely N-dealkylation sites (N-methyl/N-ethyl adjacent to an activating group) is 1. The smallest absolute Gasteiger partial charge is 0.294 e. The van der Waals surface area contributed by atoms with Gasteiger partial charge in [-0.15, -0.1) is 0 Å². The minimum Gasteiger partial charge on any atom is -0.744 e. The van der Waals surface area contributed by atoms with Gasteiger partial charge < -0.3 is 9.45 Å². The van der Waals surface area contributed by atoms with Crippen molar-refractivity contribution in [3.8, 4) is 0 Å². The summed E-state index contributed by atoms with van der Waals surface area (Å²) in [5, 5.41) is 0. The Hall–Kier alpha value is -3.38. The SMILES string of the molecule is CCC(=O)CCCCC[N+]1=C(/C=C/C=C/C=C2\N(CC)c3ccc(S(=O)(=O)O)cc3C2(C)C)C(C)(C)c2cc(S(=O)(=O)[O-])ccc21. The van der Waals surface area contributed by atoms with Gasteiger partial charge in [-0.25, -0.2) is 8.42 Å². The van der Waals surface area contributed by atoms with Crippen LogP contribution in [-0.4, -0.2) is 55.1 Å². The maximum absolute atomic E-state index is 11.8. The summed E-state index contributed by atoms with van der Waals surface area (Å²) in [6.07, 6.45) is 13.4. The Labute approximate surface area is 273 Å². The molecule has 0 unspecified atom stereocenters. The van der Waals surface area contributed by atoms with Crippen LogP contribution in [0, 0.1) is 0 Å². The standard InChI is InChI=1S/C35H44N2O7S2/c1-7-25(38)15-11-10-14-22-37-31-21-19-27(46(42,43)44)24-29(31)35(5,6)33(37)17-13-9-12-16-32-34(3,4)28-23-26(45(39,40)41)18-20-30(28)36(32)8-2/h9,12-13,16-21,23-24H,7-8,10-11,14-15,22H2,1-6H3,(H-,39,40,41,42,43,44). The van der Waals surface area contributed by atoms with Crippen LogP contribution in [0.4, 0.5) is 11.4 Å². The Morgan fingerprint density at radius 1 is 0.891 bits per heavy atom. The average Bonchev–Trinajstić information content (AvgIpc) is 3.33. The third-order valence-electron chi connectivity index (χ3n) is 9.09. The maximum atomic E-state index is 11.8. The highest BCUT2D eigenvalue weighted by molar-refractivity contribution is 7.86. The van der Waals surface area contributed by atoms with Gasteiger partial charge in [0, 0.05) is 60.3 Å². The fourth-order valence-electron chi connectivity index (χ4n) is 6.51. The van der Waals surface area contributed by atoms with Crippen LogP contribution in [0.15, 0.2) is 82.3 Å². The maximum Gasteiger partial charge on any atom is 0.294 e. The molecule has 2 aliphatic rings. The number of carbonyl (C=O) groups excluding carboxylic acids is 1. The predicted molar refractivity (Wildman–Crippen MR) is 180 cm³/mol. The van der Waals surface area contributed by atoms with Gasteiger partial charge in [0.25, 0.3) is 10.1 Å². The first-order valence-corrected chi connectivity index (χ1v) is 18.5. The number of Topliss-reactive ketones (excluding diaryl/α,β-unsaturated/α-hetero) is 1. The van der Waals surface area contributed by atoms with Crippen LogP contribution in [0.3, 0.4) is 0 Å². The third-order valence-corrected chi connectivity index (χ3v) is 10.8. The summed E-state index contributed by atoms with van der Waals surface area (Å²) in [6, 6.07) is 9.23. The number of nitrogens with zero attached hydrogens (tertiary/aromatic N) is 2. The molecule has 0 fully saturated rings. The number of ketones is 1. The van der Waals surface area contributed by atoms with Crippen molar-refractivity contribution in [3.63, 3.8) is 0 Å². The Bertz CT molecular complexity index is 1870. The van der Waals surface area contributed by atoms with Gasteiger partial charge in [-0.3, -0.25) is 9.35 Å². The molecule has 2 aromatic carbocycles. The monoisotopic (exact) mass is 668 g/mol. The first kappa shape index (κ1) is 35.5. The molecular formula is C35H44N2O7S2. The van der Waals surface area contributed by atoms with E-state index in [0.717, 1.165) is 53.2 Å². The van der Waals surface area contributed by atoms with Crippen molar-refractivity contribution in [1.29, 1.82) is 0 Å². The summed E-state index contributed by atoms with van der Waals surface area (Å²) >= 11 is 0. The molecule has 0 aliphatic carbocycles. The van der Waals surface area contributed by atoms with E-state index in [1.54, 1.807) is 12.1 Å². The molecule has 0 atom stereocenters. The Morgan fingerprint density at radius 3 is 2.20 bits per heavy atom. The van der Waals surface area contributed by atoms with Crippen molar-refractivity contribution < 1.29 is 35.3 Å². The van der Waals surface area contributed by atoms with Gasteiger partial charge in [-0.1, -0.05) is 39.0 Å². The minimum atomic E-state index is -4.61. The Morgan fingerprint density at radius 2 is 1.57 bits per heavy atom. The van der Waals surface area contributed by atoms with E-state index in [1.807, 2.05) is 71.9 Å². The van der Waals surface area contributed by atoms with Crippen molar-refractivity contribution in [2.75, 3.05) is 18.0 Å². The van der Waals surface area contributed by atoms with Crippen LogP contribution in [0.25, 0.3) is 0 Å². The molecule has 0 bridgehead atoms. The van der Waals surface area contributed by atoms with Gasteiger partial charge in [0.1, 0.15) is 22.4 Å². The summed E-state index contributed by atoms with van der Waals surface area (Å²) in [5.74, 6) is 0.255. The molecule has 248 valence electrons. The average molecular weight is 669 g/mol. The molecule has 0 saturated carbocycles. The number of rotatable bonds is 13. The second kappa shape index (κ2) is 13.4. The zero-order valence-corrected chi connectivity index (χ0v) is 29.0. The topological polar surface area (TPSA) is 135 Å². The summed E-state index contributed by atoms with van der Waals surface area (Å²) in [7, 11) is -8.95. The lowest BCUT2D eigenvalue weighted by Gasteiger charge is -2.25. The van der Waals surface area contributed by atoms with Crippen LogP contribution in [0.2, 0.25) is 0 Å². The van der Waals surface area contributed by atoms with Crippen molar-refractivity contribution in [3.05, 3.63) is 83.6 Å². The molecule has 0 spiro atoms. The van der Waals surface area contributed by atoms with Crippen LogP contribution in [-0.2, 0) is 35.9 Å². The molecular weight excluding hydrogens is 625 g/mol. The minimum absolute atomic E-state index is 0.133. The van der Waals surface area contributed by atoms with E-state index in [0.29, 0.717) is 25.9 Å². The van der Waals surface area contributed by atoms with Crippen molar-refractivity contribution in [1.82, 2.24) is 0 Å². The van der Waals surface area contributed by atoms with E-state index in [9.17, 15) is 30.7 Å². The fraction of sp³-hybridized carbons (Fsp3) is 0.429. The van der Waals surface area contributed by atoms with Gasteiger partial charge in [-0.05, 0) is 75.6 Å². The second-order valence-electron chi connectivity index (χ2n) is 12.8. The van der Waals surface area contributed by atoms with E-state index in [2.05, 4.69) is 9.48 Å². The normalized spacial score (nSPS) is 18.3. The highest BCUT2D eigenvalue weighted by Gasteiger charge is 2.44. The van der Waals surface area contributed by atoms with Gasteiger partial charge >= 0.3 is 0 Å². The quantitative estimate of drug-likeness (QED) is 0.110. The number of anilines is 1. The highest BCUT2D eigenvalue weighted by Crippen LogP contribution is 2.48. The van der Waals surface area contributed by atoms with Crippen LogP contribution < -0.4 is 4.90 Å². The zero-order valence-electron chi connectivity index (χ0n) is 27.4. The number of allylic oxidation sites excluding steroid dienone is 6. The molecule has 4 rings (SSSR count). The van der Waals surface area contributed by atoms with Crippen molar-refractivity contribution >= 4 is 43.1 Å². The van der Waals surface area contributed by atoms with E-state index in [4.69, 9.17) is 0 Å². The van der Waals surface area contributed by atoms with Gasteiger partial charge in [-0.2, -0.15) is 13.0 Å². The lowest BCUT2D eigenvalue weighted by atomic mass is 9.81. The van der Waals surface area contributed by atoms with Gasteiger partial charge in [0.15, 0.2) is 5.71 Å². The molecule has 0 amide bonds. The molecule has 2 heterocycles. The molecule has 11 heteroatoms. The number of benzene rings is 2. The third kappa shape index (κ3) is 7.12. The number of fused-ring (bicyclic) bond motifs is 2. The molecule has 2 aliphatic heterocycles.